The van der Waals surface area contributed by atoms with Gasteiger partial charge in [-0.05, 0) is 11.6 Å². The standard InChI is InChI=1S/C13H16N2/c1-10(2)15-9-12-6-3-5-11-7-4-8-14-13(11)12/h3-8,10,15H,9H2,1-2H3. The van der Waals surface area contributed by atoms with Gasteiger partial charge in [-0.25, -0.2) is 0 Å². The van der Waals surface area contributed by atoms with E-state index in [1.807, 2.05) is 12.3 Å². The van der Waals surface area contributed by atoms with Gasteiger partial charge < -0.3 is 5.32 Å². The summed E-state index contributed by atoms with van der Waals surface area (Å²) in [4.78, 5) is 4.42. The van der Waals surface area contributed by atoms with Crippen molar-refractivity contribution in [2.24, 2.45) is 0 Å². The van der Waals surface area contributed by atoms with E-state index in [1.54, 1.807) is 0 Å². The van der Waals surface area contributed by atoms with Crippen molar-refractivity contribution in [3.05, 3.63) is 42.1 Å². The van der Waals surface area contributed by atoms with Crippen molar-refractivity contribution in [2.75, 3.05) is 0 Å². The monoisotopic (exact) mass is 200 g/mol. The molecule has 0 aliphatic carbocycles. The molecular weight excluding hydrogens is 184 g/mol. The van der Waals surface area contributed by atoms with Gasteiger partial charge >= 0.3 is 0 Å². The lowest BCUT2D eigenvalue weighted by Gasteiger charge is -2.09. The summed E-state index contributed by atoms with van der Waals surface area (Å²) in [6, 6.07) is 10.9. The molecule has 2 nitrogen and oxygen atoms in total. The van der Waals surface area contributed by atoms with Crippen LogP contribution in [0.5, 0.6) is 0 Å². The highest BCUT2D eigenvalue weighted by Gasteiger charge is 2.01. The molecule has 2 rings (SSSR count). The van der Waals surface area contributed by atoms with Crippen LogP contribution in [0.1, 0.15) is 19.4 Å². The normalized spacial score (nSPS) is 11.1. The van der Waals surface area contributed by atoms with Crippen molar-refractivity contribution in [1.82, 2.24) is 10.3 Å². The molecule has 0 aliphatic heterocycles. The Hall–Kier alpha value is -1.41. The van der Waals surface area contributed by atoms with E-state index in [0.29, 0.717) is 6.04 Å². The summed E-state index contributed by atoms with van der Waals surface area (Å²) in [5.41, 5.74) is 2.37. The van der Waals surface area contributed by atoms with Crippen molar-refractivity contribution in [2.45, 2.75) is 26.4 Å². The second kappa shape index (κ2) is 4.41. The molecule has 15 heavy (non-hydrogen) atoms. The van der Waals surface area contributed by atoms with Crippen LogP contribution in [0.15, 0.2) is 36.5 Å². The minimum atomic E-state index is 0.504. The zero-order valence-electron chi connectivity index (χ0n) is 9.20. The van der Waals surface area contributed by atoms with E-state index >= 15 is 0 Å². The molecule has 0 radical (unpaired) electrons. The second-order valence-electron chi connectivity index (χ2n) is 4.03. The summed E-state index contributed by atoms with van der Waals surface area (Å²) in [7, 11) is 0. The lowest BCUT2D eigenvalue weighted by molar-refractivity contribution is 0.590. The summed E-state index contributed by atoms with van der Waals surface area (Å²) < 4.78 is 0. The Bertz CT molecular complexity index is 444. The Morgan fingerprint density at radius 1 is 1.20 bits per heavy atom. The van der Waals surface area contributed by atoms with Crippen LogP contribution in [0.2, 0.25) is 0 Å². The zero-order chi connectivity index (χ0) is 10.7. The molecule has 1 aromatic carbocycles. The number of hydrogen-bond donors (Lipinski definition) is 1. The lowest BCUT2D eigenvalue weighted by Crippen LogP contribution is -2.21. The maximum Gasteiger partial charge on any atom is 0.0746 e. The van der Waals surface area contributed by atoms with Gasteiger partial charge in [0.1, 0.15) is 0 Å². The highest BCUT2D eigenvalue weighted by atomic mass is 14.9. The number of hydrogen-bond acceptors (Lipinski definition) is 2. The maximum atomic E-state index is 4.42. The predicted octanol–water partition coefficient (Wildman–Crippen LogP) is 2.73. The first kappa shape index (κ1) is 10.1. The first-order valence-electron chi connectivity index (χ1n) is 5.33. The van der Waals surface area contributed by atoms with Crippen molar-refractivity contribution in [3.8, 4) is 0 Å². The average Bonchev–Trinajstić information content (AvgIpc) is 2.26. The van der Waals surface area contributed by atoms with Gasteiger partial charge in [0.25, 0.3) is 0 Å². The van der Waals surface area contributed by atoms with Gasteiger partial charge in [-0.15, -0.1) is 0 Å². The van der Waals surface area contributed by atoms with Gasteiger partial charge in [-0.1, -0.05) is 38.1 Å². The van der Waals surface area contributed by atoms with Crippen LogP contribution in [-0.4, -0.2) is 11.0 Å². The Morgan fingerprint density at radius 2 is 2.00 bits per heavy atom. The highest BCUT2D eigenvalue weighted by molar-refractivity contribution is 5.81. The van der Waals surface area contributed by atoms with Crippen LogP contribution < -0.4 is 5.32 Å². The van der Waals surface area contributed by atoms with Crippen molar-refractivity contribution in [3.63, 3.8) is 0 Å². The van der Waals surface area contributed by atoms with Crippen molar-refractivity contribution in [1.29, 1.82) is 0 Å². The molecule has 0 bridgehead atoms. The van der Waals surface area contributed by atoms with Crippen LogP contribution in [-0.2, 0) is 6.54 Å². The zero-order valence-corrected chi connectivity index (χ0v) is 9.20. The fourth-order valence-electron chi connectivity index (χ4n) is 1.62. The topological polar surface area (TPSA) is 24.9 Å². The quantitative estimate of drug-likeness (QED) is 0.824. The number of rotatable bonds is 3. The molecule has 0 aliphatic rings. The number of pyridine rings is 1. The van der Waals surface area contributed by atoms with Crippen molar-refractivity contribution < 1.29 is 0 Å². The van der Waals surface area contributed by atoms with Crippen LogP contribution in [0.4, 0.5) is 0 Å². The van der Waals surface area contributed by atoms with Gasteiger partial charge in [0.05, 0.1) is 5.52 Å². The Kier molecular flexibility index (Phi) is 2.97. The third kappa shape index (κ3) is 2.34. The van der Waals surface area contributed by atoms with E-state index in [9.17, 15) is 0 Å². The highest BCUT2D eigenvalue weighted by Crippen LogP contribution is 2.15. The first-order valence-corrected chi connectivity index (χ1v) is 5.33. The van der Waals surface area contributed by atoms with Gasteiger partial charge in [-0.2, -0.15) is 0 Å². The largest absolute Gasteiger partial charge is 0.310 e. The summed E-state index contributed by atoms with van der Waals surface area (Å²) in [6.45, 7) is 5.18. The number of nitrogens with one attached hydrogen (secondary N) is 1. The van der Waals surface area contributed by atoms with E-state index in [-0.39, 0.29) is 0 Å². The molecule has 2 heteroatoms. The van der Waals surface area contributed by atoms with Crippen LogP contribution >= 0.6 is 0 Å². The molecule has 0 unspecified atom stereocenters. The van der Waals surface area contributed by atoms with E-state index in [1.165, 1.54) is 10.9 Å². The maximum absolute atomic E-state index is 4.42. The van der Waals surface area contributed by atoms with Gasteiger partial charge in [-0.3, -0.25) is 4.98 Å². The minimum Gasteiger partial charge on any atom is -0.310 e. The molecule has 1 N–H and O–H groups in total. The molecule has 0 atom stereocenters. The van der Waals surface area contributed by atoms with E-state index in [2.05, 4.69) is 48.4 Å². The molecule has 0 saturated carbocycles. The molecule has 0 amide bonds. The number of aromatic nitrogens is 1. The van der Waals surface area contributed by atoms with E-state index < -0.39 is 0 Å². The fraction of sp³-hybridized carbons (Fsp3) is 0.308. The van der Waals surface area contributed by atoms with E-state index in [0.717, 1.165) is 12.1 Å². The van der Waals surface area contributed by atoms with Crippen LogP contribution in [0.3, 0.4) is 0 Å². The molecule has 2 aromatic rings. The third-order valence-electron chi connectivity index (χ3n) is 2.42. The van der Waals surface area contributed by atoms with Gasteiger partial charge in [0, 0.05) is 24.2 Å². The third-order valence-corrected chi connectivity index (χ3v) is 2.42. The first-order chi connectivity index (χ1) is 7.27. The molecule has 0 fully saturated rings. The summed E-state index contributed by atoms with van der Waals surface area (Å²) in [5, 5.41) is 4.62. The number of benzene rings is 1. The predicted molar refractivity (Wildman–Crippen MR) is 63.7 cm³/mol. The van der Waals surface area contributed by atoms with Gasteiger partial charge in [0.2, 0.25) is 0 Å². The summed E-state index contributed by atoms with van der Waals surface area (Å²) in [5.74, 6) is 0. The van der Waals surface area contributed by atoms with Crippen molar-refractivity contribution >= 4 is 10.9 Å². The number of para-hydroxylation sites is 1. The molecular formula is C13H16N2. The van der Waals surface area contributed by atoms with Crippen LogP contribution in [0, 0.1) is 0 Å². The number of nitrogens with zero attached hydrogens (tertiary/aromatic N) is 1. The van der Waals surface area contributed by atoms with Gasteiger partial charge in [0.15, 0.2) is 0 Å². The minimum absolute atomic E-state index is 0.504. The molecule has 78 valence electrons. The summed E-state index contributed by atoms with van der Waals surface area (Å²) in [6.07, 6.45) is 1.85. The summed E-state index contributed by atoms with van der Waals surface area (Å²) >= 11 is 0. The average molecular weight is 200 g/mol. The Morgan fingerprint density at radius 3 is 2.80 bits per heavy atom. The lowest BCUT2D eigenvalue weighted by atomic mass is 10.1. The van der Waals surface area contributed by atoms with E-state index in [4.69, 9.17) is 0 Å². The number of fused-ring (bicyclic) bond motifs is 1. The SMILES string of the molecule is CC(C)NCc1cccc2cccnc12. The molecule has 0 saturated heterocycles. The van der Waals surface area contributed by atoms with Crippen LogP contribution in [0.25, 0.3) is 10.9 Å². The Balaban J connectivity index is 2.34. The Labute approximate surface area is 90.3 Å². The fourth-order valence-corrected chi connectivity index (χ4v) is 1.62. The molecule has 1 aromatic heterocycles. The second-order valence-corrected chi connectivity index (χ2v) is 4.03. The molecule has 0 spiro atoms. The smallest absolute Gasteiger partial charge is 0.0746 e. The molecule has 1 heterocycles.